The van der Waals surface area contributed by atoms with Gasteiger partial charge in [-0.1, -0.05) is 40.2 Å². The fourth-order valence-electron chi connectivity index (χ4n) is 2.71. The van der Waals surface area contributed by atoms with Crippen molar-refractivity contribution in [1.29, 1.82) is 0 Å². The molecular weight excluding hydrogens is 541 g/mol. The second-order valence-corrected chi connectivity index (χ2v) is 8.97. The van der Waals surface area contributed by atoms with Gasteiger partial charge in [-0.25, -0.2) is 4.79 Å². The van der Waals surface area contributed by atoms with Gasteiger partial charge in [0.2, 0.25) is 0 Å². The molecule has 4 nitrogen and oxygen atoms in total. The van der Waals surface area contributed by atoms with Crippen LogP contribution in [0.2, 0.25) is 0 Å². The third-order valence-electron chi connectivity index (χ3n) is 3.95. The van der Waals surface area contributed by atoms with E-state index in [0.29, 0.717) is 16.1 Å². The Labute approximate surface area is 183 Å². The number of aryl methyl sites for hydroxylation is 1. The highest BCUT2D eigenvalue weighted by Gasteiger charge is 2.25. The largest absolute Gasteiger partial charge is 0.465 e. The van der Waals surface area contributed by atoms with Crippen LogP contribution >= 0.6 is 49.9 Å². The molecule has 1 aromatic heterocycles. The molecule has 0 aliphatic carbocycles. The van der Waals surface area contributed by atoms with Crippen LogP contribution in [0.1, 0.15) is 25.6 Å². The van der Waals surface area contributed by atoms with Gasteiger partial charge in [-0.3, -0.25) is 4.79 Å². The number of amides is 1. The zero-order valence-corrected chi connectivity index (χ0v) is 19.1. The normalized spacial score (nSPS) is 10.5. The fraction of sp³-hybridized carbons (Fsp3) is 0.100. The van der Waals surface area contributed by atoms with Gasteiger partial charge in [0.05, 0.1) is 12.7 Å². The second-order valence-electron chi connectivity index (χ2n) is 5.67. The SMILES string of the molecule is COC(=O)c1c(NC(=O)c2ccccc2I)sc(C)c1-c1ccc(Br)cc1. The summed E-state index contributed by atoms with van der Waals surface area (Å²) in [4.78, 5) is 26.2. The number of esters is 1. The monoisotopic (exact) mass is 555 g/mol. The van der Waals surface area contributed by atoms with Gasteiger partial charge < -0.3 is 10.1 Å². The van der Waals surface area contributed by atoms with E-state index in [4.69, 9.17) is 4.74 Å². The molecule has 1 amide bonds. The van der Waals surface area contributed by atoms with E-state index >= 15 is 0 Å². The summed E-state index contributed by atoms with van der Waals surface area (Å²) < 4.78 is 6.78. The zero-order valence-electron chi connectivity index (χ0n) is 14.5. The lowest BCUT2D eigenvalue weighted by atomic mass is 10.0. The number of halogens is 2. The predicted molar refractivity (Wildman–Crippen MR) is 121 cm³/mol. The molecule has 1 N–H and O–H groups in total. The lowest BCUT2D eigenvalue weighted by Gasteiger charge is -2.09. The second kappa shape index (κ2) is 8.53. The van der Waals surface area contributed by atoms with E-state index in [1.54, 1.807) is 6.07 Å². The Morgan fingerprint density at radius 1 is 1.11 bits per heavy atom. The van der Waals surface area contributed by atoms with Crippen molar-refractivity contribution in [2.75, 3.05) is 12.4 Å². The number of carbonyl (C=O) groups excluding carboxylic acids is 2. The molecular formula is C20H15BrINO3S. The van der Waals surface area contributed by atoms with Crippen molar-refractivity contribution in [1.82, 2.24) is 0 Å². The summed E-state index contributed by atoms with van der Waals surface area (Å²) in [6.07, 6.45) is 0. The van der Waals surface area contributed by atoms with Crippen molar-refractivity contribution in [3.63, 3.8) is 0 Å². The number of anilines is 1. The van der Waals surface area contributed by atoms with Gasteiger partial charge in [0, 0.05) is 18.5 Å². The summed E-state index contributed by atoms with van der Waals surface area (Å²) in [5.41, 5.74) is 2.60. The molecule has 0 saturated carbocycles. The highest BCUT2D eigenvalue weighted by Crippen LogP contribution is 2.40. The zero-order chi connectivity index (χ0) is 19.6. The average Bonchev–Trinajstić information content (AvgIpc) is 2.97. The summed E-state index contributed by atoms with van der Waals surface area (Å²) in [5.74, 6) is -0.732. The van der Waals surface area contributed by atoms with Gasteiger partial charge in [-0.2, -0.15) is 0 Å². The molecule has 0 aliphatic heterocycles. The molecule has 138 valence electrons. The number of hydrogen-bond acceptors (Lipinski definition) is 4. The maximum absolute atomic E-state index is 12.7. The molecule has 0 atom stereocenters. The Hall–Kier alpha value is -1.71. The fourth-order valence-corrected chi connectivity index (χ4v) is 4.67. The topological polar surface area (TPSA) is 55.4 Å². The van der Waals surface area contributed by atoms with Crippen molar-refractivity contribution in [3.05, 3.63) is 72.6 Å². The minimum atomic E-state index is -0.477. The van der Waals surface area contributed by atoms with E-state index in [1.807, 2.05) is 49.4 Å². The number of hydrogen-bond donors (Lipinski definition) is 1. The summed E-state index contributed by atoms with van der Waals surface area (Å²) in [6, 6.07) is 15.0. The van der Waals surface area contributed by atoms with E-state index in [9.17, 15) is 9.59 Å². The number of nitrogens with one attached hydrogen (secondary N) is 1. The van der Waals surface area contributed by atoms with Gasteiger partial charge in [-0.15, -0.1) is 11.3 Å². The summed E-state index contributed by atoms with van der Waals surface area (Å²) >= 11 is 6.91. The molecule has 0 unspecified atom stereocenters. The van der Waals surface area contributed by atoms with Crippen molar-refractivity contribution < 1.29 is 14.3 Å². The Kier molecular flexibility index (Phi) is 6.33. The predicted octanol–water partition coefficient (Wildman–Crippen LogP) is 6.13. The van der Waals surface area contributed by atoms with Crippen LogP contribution in [0, 0.1) is 10.5 Å². The highest BCUT2D eigenvalue weighted by molar-refractivity contribution is 14.1. The van der Waals surface area contributed by atoms with Crippen LogP contribution in [0.5, 0.6) is 0 Å². The molecule has 3 rings (SSSR count). The molecule has 3 aromatic rings. The number of thiophene rings is 1. The molecule has 0 aliphatic rings. The minimum absolute atomic E-state index is 0.256. The van der Waals surface area contributed by atoms with Crippen molar-refractivity contribution in [3.8, 4) is 11.1 Å². The maximum atomic E-state index is 12.7. The summed E-state index contributed by atoms with van der Waals surface area (Å²) in [5, 5.41) is 3.38. The van der Waals surface area contributed by atoms with E-state index in [0.717, 1.165) is 24.0 Å². The summed E-state index contributed by atoms with van der Waals surface area (Å²) in [6.45, 7) is 1.93. The molecule has 0 bridgehead atoms. The van der Waals surface area contributed by atoms with E-state index in [2.05, 4.69) is 43.8 Å². The van der Waals surface area contributed by atoms with Crippen LogP contribution in [0.25, 0.3) is 11.1 Å². The lowest BCUT2D eigenvalue weighted by molar-refractivity contribution is 0.0603. The molecule has 1 heterocycles. The van der Waals surface area contributed by atoms with Gasteiger partial charge >= 0.3 is 5.97 Å². The van der Waals surface area contributed by atoms with E-state index in [1.165, 1.54) is 18.4 Å². The minimum Gasteiger partial charge on any atom is -0.465 e. The van der Waals surface area contributed by atoms with Crippen molar-refractivity contribution in [2.24, 2.45) is 0 Å². The maximum Gasteiger partial charge on any atom is 0.341 e. The van der Waals surface area contributed by atoms with Crippen LogP contribution in [0.15, 0.2) is 53.0 Å². The number of benzene rings is 2. The highest BCUT2D eigenvalue weighted by atomic mass is 127. The van der Waals surface area contributed by atoms with Gasteiger partial charge in [-0.05, 0) is 59.3 Å². The third kappa shape index (κ3) is 4.25. The molecule has 0 saturated heterocycles. The summed E-state index contributed by atoms with van der Waals surface area (Å²) in [7, 11) is 1.34. The third-order valence-corrected chi connectivity index (χ3v) is 6.44. The molecule has 0 spiro atoms. The van der Waals surface area contributed by atoms with Crippen LogP contribution < -0.4 is 5.32 Å². The van der Waals surface area contributed by atoms with Crippen molar-refractivity contribution in [2.45, 2.75) is 6.92 Å². The smallest absolute Gasteiger partial charge is 0.341 e. The molecule has 7 heteroatoms. The molecule has 0 radical (unpaired) electrons. The Morgan fingerprint density at radius 3 is 2.41 bits per heavy atom. The molecule has 27 heavy (non-hydrogen) atoms. The van der Waals surface area contributed by atoms with Crippen LogP contribution in [0.4, 0.5) is 5.00 Å². The first-order valence-electron chi connectivity index (χ1n) is 7.96. The Morgan fingerprint density at radius 2 is 1.78 bits per heavy atom. The lowest BCUT2D eigenvalue weighted by Crippen LogP contribution is -2.15. The quantitative estimate of drug-likeness (QED) is 0.311. The number of carbonyl (C=O) groups is 2. The number of ether oxygens (including phenoxy) is 1. The first-order valence-corrected chi connectivity index (χ1v) is 10.6. The number of methoxy groups -OCH3 is 1. The van der Waals surface area contributed by atoms with Crippen LogP contribution in [-0.2, 0) is 4.74 Å². The van der Waals surface area contributed by atoms with E-state index in [-0.39, 0.29) is 5.91 Å². The van der Waals surface area contributed by atoms with Crippen molar-refractivity contribution >= 4 is 66.7 Å². The first kappa shape index (κ1) is 20.0. The van der Waals surface area contributed by atoms with Gasteiger partial charge in [0.25, 0.3) is 5.91 Å². The first-order chi connectivity index (χ1) is 12.9. The van der Waals surface area contributed by atoms with Crippen LogP contribution in [0.3, 0.4) is 0 Å². The molecule has 0 fully saturated rings. The standard InChI is InChI=1S/C20H15BrINO3S/c1-11-16(12-7-9-13(21)10-8-12)17(20(25)26-2)19(27-11)23-18(24)14-5-3-4-6-15(14)22/h3-10H,1-2H3,(H,23,24). The number of rotatable bonds is 4. The van der Waals surface area contributed by atoms with E-state index < -0.39 is 5.97 Å². The van der Waals surface area contributed by atoms with Crippen LogP contribution in [-0.4, -0.2) is 19.0 Å². The Balaban J connectivity index is 2.07. The average molecular weight is 556 g/mol. The van der Waals surface area contributed by atoms with Gasteiger partial charge in [0.1, 0.15) is 10.6 Å². The molecule has 2 aromatic carbocycles. The van der Waals surface area contributed by atoms with Gasteiger partial charge in [0.15, 0.2) is 0 Å². The Bertz CT molecular complexity index is 1010.